The van der Waals surface area contributed by atoms with Gasteiger partial charge in [0, 0.05) is 11.2 Å². The molecule has 0 bridgehead atoms. The van der Waals surface area contributed by atoms with Crippen LogP contribution in [0, 0.1) is 0 Å². The van der Waals surface area contributed by atoms with Gasteiger partial charge in [0.2, 0.25) is 0 Å². The number of amides is 1. The van der Waals surface area contributed by atoms with E-state index in [1.165, 1.54) is 25.4 Å². The van der Waals surface area contributed by atoms with Crippen molar-refractivity contribution in [2.24, 2.45) is 0 Å². The van der Waals surface area contributed by atoms with Crippen LogP contribution in [0.1, 0.15) is 10.5 Å². The van der Waals surface area contributed by atoms with Gasteiger partial charge in [-0.25, -0.2) is 9.78 Å². The fourth-order valence-corrected chi connectivity index (χ4v) is 1.82. The molecule has 0 spiro atoms. The highest BCUT2D eigenvalue weighted by atomic mass is 35.5. The lowest BCUT2D eigenvalue weighted by atomic mass is 10.3. The number of anilines is 1. The number of carbonyl (C=O) groups excluding carboxylic acids is 2. The lowest BCUT2D eigenvalue weighted by Crippen LogP contribution is -2.21. The number of pyridine rings is 1. The molecule has 6 nitrogen and oxygen atoms in total. The summed E-state index contributed by atoms with van der Waals surface area (Å²) in [6.07, 6.45) is 1.38. The van der Waals surface area contributed by atoms with Gasteiger partial charge in [-0.1, -0.05) is 23.7 Å². The van der Waals surface area contributed by atoms with E-state index in [4.69, 9.17) is 21.1 Å². The average molecular weight is 321 g/mol. The maximum Gasteiger partial charge on any atom is 0.357 e. The van der Waals surface area contributed by atoms with Crippen molar-refractivity contribution in [1.82, 2.24) is 4.98 Å². The van der Waals surface area contributed by atoms with E-state index < -0.39 is 18.5 Å². The summed E-state index contributed by atoms with van der Waals surface area (Å²) in [7, 11) is 1.50. The molecule has 2 aromatic rings. The molecule has 1 heterocycles. The number of benzene rings is 1. The molecule has 1 aromatic heterocycles. The number of nitrogens with zero attached hydrogens (tertiary/aromatic N) is 1. The van der Waals surface area contributed by atoms with E-state index in [0.29, 0.717) is 16.5 Å². The molecular weight excluding hydrogens is 308 g/mol. The Hall–Kier alpha value is -2.60. The maximum atomic E-state index is 11.8. The lowest BCUT2D eigenvalue weighted by Gasteiger charge is -2.10. The third kappa shape index (κ3) is 4.20. The Morgan fingerprint density at radius 1 is 1.27 bits per heavy atom. The minimum absolute atomic E-state index is 0.0394. The van der Waals surface area contributed by atoms with E-state index >= 15 is 0 Å². The van der Waals surface area contributed by atoms with Crippen LogP contribution in [0.2, 0.25) is 5.02 Å². The molecule has 2 rings (SSSR count). The zero-order valence-corrected chi connectivity index (χ0v) is 12.5. The van der Waals surface area contributed by atoms with Gasteiger partial charge < -0.3 is 14.8 Å². The van der Waals surface area contributed by atoms with E-state index in [-0.39, 0.29) is 5.69 Å². The smallest absolute Gasteiger partial charge is 0.357 e. The van der Waals surface area contributed by atoms with Gasteiger partial charge in [0.05, 0.1) is 12.8 Å². The number of halogens is 1. The largest absolute Gasteiger partial charge is 0.495 e. The van der Waals surface area contributed by atoms with Crippen molar-refractivity contribution >= 4 is 29.2 Å². The highest BCUT2D eigenvalue weighted by Crippen LogP contribution is 2.22. The molecule has 0 saturated heterocycles. The third-order valence-electron chi connectivity index (χ3n) is 2.65. The number of carbonyl (C=O) groups is 2. The van der Waals surface area contributed by atoms with E-state index in [1.54, 1.807) is 24.3 Å². The summed E-state index contributed by atoms with van der Waals surface area (Å²) in [5.74, 6) is -0.698. The van der Waals surface area contributed by atoms with Gasteiger partial charge in [-0.05, 0) is 24.3 Å². The number of hydrogen-bond donors (Lipinski definition) is 1. The van der Waals surface area contributed by atoms with Crippen molar-refractivity contribution in [2.75, 3.05) is 19.0 Å². The Kier molecular flexibility index (Phi) is 5.32. The van der Waals surface area contributed by atoms with E-state index in [9.17, 15) is 9.59 Å². The second-order valence-electron chi connectivity index (χ2n) is 4.18. The second-order valence-corrected chi connectivity index (χ2v) is 4.62. The van der Waals surface area contributed by atoms with Gasteiger partial charge in [-0.2, -0.15) is 0 Å². The molecular formula is C15H13ClN2O4. The third-order valence-corrected chi connectivity index (χ3v) is 2.88. The van der Waals surface area contributed by atoms with Crippen molar-refractivity contribution < 1.29 is 19.1 Å². The Bertz CT molecular complexity index is 691. The van der Waals surface area contributed by atoms with E-state index in [0.717, 1.165) is 0 Å². The fraction of sp³-hybridized carbons (Fsp3) is 0.133. The Labute approximate surface area is 132 Å². The zero-order chi connectivity index (χ0) is 15.9. The summed E-state index contributed by atoms with van der Waals surface area (Å²) < 4.78 is 9.98. The quantitative estimate of drug-likeness (QED) is 0.857. The molecule has 0 aliphatic carbocycles. The maximum absolute atomic E-state index is 11.8. The number of aromatic nitrogens is 1. The van der Waals surface area contributed by atoms with Gasteiger partial charge in [0.15, 0.2) is 6.61 Å². The summed E-state index contributed by atoms with van der Waals surface area (Å²) >= 11 is 5.75. The first-order valence-corrected chi connectivity index (χ1v) is 6.69. The Morgan fingerprint density at radius 3 is 2.77 bits per heavy atom. The molecule has 7 heteroatoms. The minimum atomic E-state index is -0.724. The first-order chi connectivity index (χ1) is 10.6. The molecule has 0 radical (unpaired) electrons. The van der Waals surface area contributed by atoms with Gasteiger partial charge in [-0.3, -0.25) is 4.79 Å². The molecule has 1 amide bonds. The van der Waals surface area contributed by atoms with Crippen LogP contribution in [-0.2, 0) is 9.53 Å². The SMILES string of the molecule is COc1ccccc1NC(=O)COC(=O)c1cc(Cl)ccn1. The zero-order valence-electron chi connectivity index (χ0n) is 11.7. The predicted octanol–water partition coefficient (Wildman–Crippen LogP) is 2.54. The summed E-state index contributed by atoms with van der Waals surface area (Å²) in [5, 5.41) is 2.95. The van der Waals surface area contributed by atoms with Crippen molar-refractivity contribution in [2.45, 2.75) is 0 Å². The molecule has 0 atom stereocenters. The molecule has 0 aliphatic rings. The van der Waals surface area contributed by atoms with E-state index in [2.05, 4.69) is 10.3 Å². The monoisotopic (exact) mass is 320 g/mol. The number of methoxy groups -OCH3 is 1. The van der Waals surface area contributed by atoms with Crippen molar-refractivity contribution in [3.05, 3.63) is 53.3 Å². The minimum Gasteiger partial charge on any atom is -0.495 e. The average Bonchev–Trinajstić information content (AvgIpc) is 2.53. The first kappa shape index (κ1) is 15.8. The van der Waals surface area contributed by atoms with Crippen LogP contribution in [0.3, 0.4) is 0 Å². The van der Waals surface area contributed by atoms with Gasteiger partial charge >= 0.3 is 5.97 Å². The van der Waals surface area contributed by atoms with Crippen molar-refractivity contribution in [1.29, 1.82) is 0 Å². The molecule has 0 saturated carbocycles. The number of ether oxygens (including phenoxy) is 2. The standard InChI is InChI=1S/C15H13ClN2O4/c1-21-13-5-3-2-4-11(13)18-14(19)9-22-15(20)12-8-10(16)6-7-17-12/h2-8H,9H2,1H3,(H,18,19). The van der Waals surface area contributed by atoms with Gasteiger partial charge in [0.25, 0.3) is 5.91 Å². The fourth-order valence-electron chi connectivity index (χ4n) is 1.66. The van der Waals surface area contributed by atoms with Crippen molar-refractivity contribution in [3.63, 3.8) is 0 Å². The van der Waals surface area contributed by atoms with Crippen LogP contribution >= 0.6 is 11.6 Å². The summed E-state index contributed by atoms with van der Waals surface area (Å²) in [6, 6.07) is 9.81. The molecule has 0 aliphatic heterocycles. The summed E-state index contributed by atoms with van der Waals surface area (Å²) in [4.78, 5) is 27.3. The second kappa shape index (κ2) is 7.42. The number of para-hydroxylation sites is 2. The Morgan fingerprint density at radius 2 is 2.05 bits per heavy atom. The van der Waals surface area contributed by atoms with E-state index in [1.807, 2.05) is 0 Å². The molecule has 1 aromatic carbocycles. The first-order valence-electron chi connectivity index (χ1n) is 6.31. The van der Waals surface area contributed by atoms with Crippen LogP contribution in [0.15, 0.2) is 42.6 Å². The highest BCUT2D eigenvalue weighted by Gasteiger charge is 2.13. The Balaban J connectivity index is 1.91. The van der Waals surface area contributed by atoms with Gasteiger partial charge in [-0.15, -0.1) is 0 Å². The number of nitrogens with one attached hydrogen (secondary N) is 1. The highest BCUT2D eigenvalue weighted by molar-refractivity contribution is 6.30. The van der Waals surface area contributed by atoms with Crippen LogP contribution in [0.25, 0.3) is 0 Å². The molecule has 0 unspecified atom stereocenters. The molecule has 22 heavy (non-hydrogen) atoms. The summed E-state index contributed by atoms with van der Waals surface area (Å²) in [6.45, 7) is -0.439. The topological polar surface area (TPSA) is 77.5 Å². The molecule has 0 fully saturated rings. The van der Waals surface area contributed by atoms with Gasteiger partial charge in [0.1, 0.15) is 11.4 Å². The normalized spacial score (nSPS) is 9.91. The van der Waals surface area contributed by atoms with Crippen LogP contribution in [0.5, 0.6) is 5.75 Å². The summed E-state index contributed by atoms with van der Waals surface area (Å²) in [5.41, 5.74) is 0.532. The number of rotatable bonds is 5. The molecule has 114 valence electrons. The van der Waals surface area contributed by atoms with Crippen molar-refractivity contribution in [3.8, 4) is 5.75 Å². The molecule has 1 N–H and O–H groups in total. The number of hydrogen-bond acceptors (Lipinski definition) is 5. The van der Waals surface area contributed by atoms with Crippen LogP contribution < -0.4 is 10.1 Å². The van der Waals surface area contributed by atoms with Crippen LogP contribution in [0.4, 0.5) is 5.69 Å². The van der Waals surface area contributed by atoms with Crippen LogP contribution in [-0.4, -0.2) is 30.6 Å². The predicted molar refractivity (Wildman–Crippen MR) is 81.2 cm³/mol. The lowest BCUT2D eigenvalue weighted by molar-refractivity contribution is -0.119. The number of esters is 1.